The lowest BCUT2D eigenvalue weighted by Crippen LogP contribution is -2.04. The highest BCUT2D eigenvalue weighted by Gasteiger charge is 1.94. The van der Waals surface area contributed by atoms with Gasteiger partial charge in [0.1, 0.15) is 18.6 Å². The Morgan fingerprint density at radius 1 is 1.21 bits per heavy atom. The summed E-state index contributed by atoms with van der Waals surface area (Å²) in [5.41, 5.74) is 0.999. The third-order valence-corrected chi connectivity index (χ3v) is 1.80. The van der Waals surface area contributed by atoms with Gasteiger partial charge in [-0.25, -0.2) is 0 Å². The van der Waals surface area contributed by atoms with Crippen LogP contribution in [-0.4, -0.2) is 26.6 Å². The Labute approximate surface area is 83.6 Å². The smallest absolute Gasteiger partial charge is 0.124 e. The van der Waals surface area contributed by atoms with Crippen LogP contribution in [0.3, 0.4) is 0 Å². The zero-order valence-electron chi connectivity index (χ0n) is 8.23. The van der Waals surface area contributed by atoms with Crippen LogP contribution in [-0.2, 0) is 16.0 Å². The average Bonchev–Trinajstić information content (AvgIpc) is 2.21. The molecule has 0 unspecified atom stereocenters. The normalized spacial score (nSPS) is 9.79. The topological polar surface area (TPSA) is 35.5 Å². The number of rotatable bonds is 6. The van der Waals surface area contributed by atoms with Gasteiger partial charge in [0, 0.05) is 13.5 Å². The van der Waals surface area contributed by atoms with Crippen LogP contribution < -0.4 is 4.74 Å². The van der Waals surface area contributed by atoms with Crippen molar-refractivity contribution in [2.24, 2.45) is 0 Å². The summed E-state index contributed by atoms with van der Waals surface area (Å²) in [7, 11) is 1.64. The molecule has 0 spiro atoms. The second-order valence-corrected chi connectivity index (χ2v) is 2.86. The molecule has 0 fully saturated rings. The molecule has 3 heteroatoms. The van der Waals surface area contributed by atoms with E-state index in [9.17, 15) is 4.79 Å². The fourth-order valence-corrected chi connectivity index (χ4v) is 1.06. The van der Waals surface area contributed by atoms with Crippen LogP contribution >= 0.6 is 0 Å². The van der Waals surface area contributed by atoms with Gasteiger partial charge in [0.2, 0.25) is 0 Å². The minimum Gasteiger partial charge on any atom is -0.491 e. The number of methoxy groups -OCH3 is 1. The largest absolute Gasteiger partial charge is 0.491 e. The Hall–Kier alpha value is -1.35. The van der Waals surface area contributed by atoms with Gasteiger partial charge < -0.3 is 14.3 Å². The number of carbonyl (C=O) groups excluding carboxylic acids is 1. The minimum absolute atomic E-state index is 0.457. The van der Waals surface area contributed by atoms with Crippen LogP contribution in [0.5, 0.6) is 5.75 Å². The number of aldehydes is 1. The molecule has 0 N–H and O–H groups in total. The maximum atomic E-state index is 10.2. The van der Waals surface area contributed by atoms with Crippen molar-refractivity contribution in [3.8, 4) is 5.75 Å². The molecule has 1 rings (SSSR count). The second kappa shape index (κ2) is 6.16. The molecule has 0 aliphatic heterocycles. The van der Waals surface area contributed by atoms with E-state index in [0.717, 1.165) is 17.6 Å². The zero-order valence-corrected chi connectivity index (χ0v) is 8.23. The van der Waals surface area contributed by atoms with Crippen molar-refractivity contribution >= 4 is 6.29 Å². The summed E-state index contributed by atoms with van der Waals surface area (Å²) in [5.74, 6) is 0.802. The van der Waals surface area contributed by atoms with Gasteiger partial charge in [-0.3, -0.25) is 0 Å². The first-order valence-electron chi connectivity index (χ1n) is 4.51. The molecule has 3 nitrogen and oxygen atoms in total. The van der Waals surface area contributed by atoms with Crippen LogP contribution in [0.25, 0.3) is 0 Å². The monoisotopic (exact) mass is 194 g/mol. The van der Waals surface area contributed by atoms with E-state index in [0.29, 0.717) is 19.6 Å². The highest BCUT2D eigenvalue weighted by molar-refractivity contribution is 5.55. The number of carbonyl (C=O) groups is 1. The summed E-state index contributed by atoms with van der Waals surface area (Å²) >= 11 is 0. The SMILES string of the molecule is COCCOc1ccc(CC=O)cc1. The quantitative estimate of drug-likeness (QED) is 0.508. The van der Waals surface area contributed by atoms with Crippen molar-refractivity contribution in [3.63, 3.8) is 0 Å². The molecule has 0 amide bonds. The highest BCUT2D eigenvalue weighted by Crippen LogP contribution is 2.11. The number of hydrogen-bond donors (Lipinski definition) is 0. The Morgan fingerprint density at radius 3 is 2.50 bits per heavy atom. The van der Waals surface area contributed by atoms with E-state index in [4.69, 9.17) is 9.47 Å². The van der Waals surface area contributed by atoms with Gasteiger partial charge in [0.25, 0.3) is 0 Å². The fourth-order valence-electron chi connectivity index (χ4n) is 1.06. The lowest BCUT2D eigenvalue weighted by molar-refractivity contribution is -0.107. The van der Waals surface area contributed by atoms with Gasteiger partial charge in [-0.1, -0.05) is 12.1 Å². The Balaban J connectivity index is 2.42. The number of hydrogen-bond acceptors (Lipinski definition) is 3. The molecule has 0 atom stereocenters. The summed E-state index contributed by atoms with van der Waals surface area (Å²) in [4.78, 5) is 10.2. The first kappa shape index (κ1) is 10.7. The summed E-state index contributed by atoms with van der Waals surface area (Å²) in [6, 6.07) is 7.48. The molecule has 0 aromatic heterocycles. The van der Waals surface area contributed by atoms with E-state index >= 15 is 0 Å². The summed E-state index contributed by atoms with van der Waals surface area (Å²) < 4.78 is 10.2. The van der Waals surface area contributed by atoms with E-state index < -0.39 is 0 Å². The van der Waals surface area contributed by atoms with E-state index in [1.165, 1.54) is 0 Å². The molecular formula is C11H14O3. The molecule has 0 radical (unpaired) electrons. The van der Waals surface area contributed by atoms with Crippen LogP contribution in [0.1, 0.15) is 5.56 Å². The number of benzene rings is 1. The molecule has 14 heavy (non-hydrogen) atoms. The van der Waals surface area contributed by atoms with Crippen LogP contribution in [0.15, 0.2) is 24.3 Å². The molecule has 0 aliphatic carbocycles. The van der Waals surface area contributed by atoms with Gasteiger partial charge in [-0.05, 0) is 17.7 Å². The standard InChI is InChI=1S/C11H14O3/c1-13-8-9-14-11-4-2-10(3-5-11)6-7-12/h2-5,7H,6,8-9H2,1H3. The summed E-state index contributed by atoms with van der Waals surface area (Å²) in [6.45, 7) is 1.12. The molecule has 0 aliphatic rings. The molecule has 1 aromatic carbocycles. The van der Waals surface area contributed by atoms with Gasteiger partial charge in [-0.15, -0.1) is 0 Å². The van der Waals surface area contributed by atoms with Crippen LogP contribution in [0.2, 0.25) is 0 Å². The second-order valence-electron chi connectivity index (χ2n) is 2.86. The predicted octanol–water partition coefficient (Wildman–Crippen LogP) is 1.45. The molecular weight excluding hydrogens is 180 g/mol. The Bertz CT molecular complexity index is 266. The van der Waals surface area contributed by atoms with Gasteiger partial charge in [0.05, 0.1) is 6.61 Å². The molecule has 0 saturated carbocycles. The van der Waals surface area contributed by atoms with E-state index in [1.54, 1.807) is 7.11 Å². The average molecular weight is 194 g/mol. The third-order valence-electron chi connectivity index (χ3n) is 1.80. The predicted molar refractivity (Wildman–Crippen MR) is 53.6 cm³/mol. The minimum atomic E-state index is 0.457. The highest BCUT2D eigenvalue weighted by atomic mass is 16.5. The van der Waals surface area contributed by atoms with Crippen LogP contribution in [0, 0.1) is 0 Å². The maximum Gasteiger partial charge on any atom is 0.124 e. The summed E-state index contributed by atoms with van der Waals surface area (Å²) in [5, 5.41) is 0. The molecule has 76 valence electrons. The van der Waals surface area contributed by atoms with Gasteiger partial charge in [-0.2, -0.15) is 0 Å². The van der Waals surface area contributed by atoms with Crippen molar-refractivity contribution in [2.45, 2.75) is 6.42 Å². The van der Waals surface area contributed by atoms with Crippen molar-refractivity contribution < 1.29 is 14.3 Å². The maximum absolute atomic E-state index is 10.2. The zero-order chi connectivity index (χ0) is 10.2. The van der Waals surface area contributed by atoms with Gasteiger partial charge >= 0.3 is 0 Å². The summed E-state index contributed by atoms with van der Waals surface area (Å²) in [6.07, 6.45) is 1.35. The molecule has 0 bridgehead atoms. The van der Waals surface area contributed by atoms with E-state index in [1.807, 2.05) is 24.3 Å². The Morgan fingerprint density at radius 2 is 1.93 bits per heavy atom. The first-order valence-corrected chi connectivity index (χ1v) is 4.51. The van der Waals surface area contributed by atoms with Crippen LogP contribution in [0.4, 0.5) is 0 Å². The third kappa shape index (κ3) is 3.58. The lowest BCUT2D eigenvalue weighted by atomic mass is 10.2. The lowest BCUT2D eigenvalue weighted by Gasteiger charge is -2.05. The molecule has 0 saturated heterocycles. The number of ether oxygens (including phenoxy) is 2. The fraction of sp³-hybridized carbons (Fsp3) is 0.364. The van der Waals surface area contributed by atoms with Crippen molar-refractivity contribution in [1.29, 1.82) is 0 Å². The van der Waals surface area contributed by atoms with E-state index in [2.05, 4.69) is 0 Å². The van der Waals surface area contributed by atoms with Crippen molar-refractivity contribution in [1.82, 2.24) is 0 Å². The van der Waals surface area contributed by atoms with Crippen molar-refractivity contribution in [3.05, 3.63) is 29.8 Å². The van der Waals surface area contributed by atoms with Crippen molar-refractivity contribution in [2.75, 3.05) is 20.3 Å². The Kier molecular flexibility index (Phi) is 4.72. The first-order chi connectivity index (χ1) is 6.86. The molecule has 1 aromatic rings. The van der Waals surface area contributed by atoms with Gasteiger partial charge in [0.15, 0.2) is 0 Å². The molecule has 0 heterocycles. The van der Waals surface area contributed by atoms with E-state index in [-0.39, 0.29) is 0 Å².